The molecule has 0 spiro atoms. The first kappa shape index (κ1) is 8.87. The molecular weight excluding hydrogens is 182 g/mol. The second kappa shape index (κ2) is 3.21. The molecule has 0 radical (unpaired) electrons. The highest BCUT2D eigenvalue weighted by molar-refractivity contribution is 5.91. The lowest BCUT2D eigenvalue weighted by atomic mass is 10.2. The van der Waals surface area contributed by atoms with Crippen LogP contribution in [0.3, 0.4) is 0 Å². The first-order chi connectivity index (χ1) is 6.68. The Morgan fingerprint density at radius 3 is 2.79 bits per heavy atom. The van der Waals surface area contributed by atoms with Gasteiger partial charge in [0.2, 0.25) is 0 Å². The van der Waals surface area contributed by atoms with E-state index in [0.29, 0.717) is 12.2 Å². The van der Waals surface area contributed by atoms with Gasteiger partial charge in [-0.2, -0.15) is 0 Å². The van der Waals surface area contributed by atoms with Crippen LogP contribution in [-0.4, -0.2) is 23.8 Å². The maximum absolute atomic E-state index is 11.3. The van der Waals surface area contributed by atoms with Gasteiger partial charge in [-0.1, -0.05) is 12.1 Å². The van der Waals surface area contributed by atoms with Crippen molar-refractivity contribution in [2.75, 3.05) is 11.4 Å². The molecule has 1 N–H and O–H groups in total. The summed E-state index contributed by atoms with van der Waals surface area (Å²) in [6.45, 7) is 2.30. The lowest BCUT2D eigenvalue weighted by molar-refractivity contribution is 0.150. The van der Waals surface area contributed by atoms with Gasteiger partial charge in [0.05, 0.1) is 12.2 Å². The highest BCUT2D eigenvalue weighted by atomic mass is 16.6. The standard InChI is InChI=1S/C10H11NO3/c1-7-6-11(10(13)14-7)8-4-2-3-5-9(8)12/h2-5,7,12H,6H2,1H3. The number of hydrogen-bond donors (Lipinski definition) is 1. The zero-order chi connectivity index (χ0) is 10.1. The van der Waals surface area contributed by atoms with Crippen LogP contribution in [0.5, 0.6) is 5.75 Å². The molecule has 1 heterocycles. The second-order valence-corrected chi connectivity index (χ2v) is 3.29. The number of ether oxygens (including phenoxy) is 1. The van der Waals surface area contributed by atoms with Crippen molar-refractivity contribution in [3.63, 3.8) is 0 Å². The van der Waals surface area contributed by atoms with Crippen LogP contribution in [-0.2, 0) is 4.74 Å². The molecule has 0 aliphatic carbocycles. The molecule has 1 atom stereocenters. The van der Waals surface area contributed by atoms with Gasteiger partial charge in [0, 0.05) is 0 Å². The minimum atomic E-state index is -0.404. The Morgan fingerprint density at radius 1 is 1.50 bits per heavy atom. The van der Waals surface area contributed by atoms with Gasteiger partial charge >= 0.3 is 6.09 Å². The number of hydrogen-bond acceptors (Lipinski definition) is 3. The van der Waals surface area contributed by atoms with Gasteiger partial charge in [0.1, 0.15) is 11.9 Å². The minimum Gasteiger partial charge on any atom is -0.506 e. The number of carbonyl (C=O) groups excluding carboxylic acids is 1. The molecule has 2 rings (SSSR count). The molecule has 0 bridgehead atoms. The van der Waals surface area contributed by atoms with Crippen molar-refractivity contribution in [3.05, 3.63) is 24.3 Å². The van der Waals surface area contributed by atoms with E-state index in [1.807, 2.05) is 6.92 Å². The van der Waals surface area contributed by atoms with Crippen LogP contribution in [0.15, 0.2) is 24.3 Å². The summed E-state index contributed by atoms with van der Waals surface area (Å²) in [7, 11) is 0. The topological polar surface area (TPSA) is 49.8 Å². The molecule has 1 aliphatic heterocycles. The van der Waals surface area contributed by atoms with Crippen LogP contribution in [0.4, 0.5) is 10.5 Å². The summed E-state index contributed by atoms with van der Waals surface area (Å²) in [6, 6.07) is 6.72. The number of phenols is 1. The molecule has 1 saturated heterocycles. The average Bonchev–Trinajstić information content (AvgIpc) is 2.46. The predicted octanol–water partition coefficient (Wildman–Crippen LogP) is 1.74. The fourth-order valence-electron chi connectivity index (χ4n) is 1.49. The van der Waals surface area contributed by atoms with Crippen LogP contribution in [0, 0.1) is 0 Å². The molecule has 1 aromatic rings. The summed E-state index contributed by atoms with van der Waals surface area (Å²) in [5, 5.41) is 9.53. The van der Waals surface area contributed by atoms with Gasteiger partial charge in [-0.15, -0.1) is 0 Å². The zero-order valence-electron chi connectivity index (χ0n) is 7.80. The van der Waals surface area contributed by atoms with E-state index in [1.165, 1.54) is 4.90 Å². The Labute approximate surface area is 81.7 Å². The second-order valence-electron chi connectivity index (χ2n) is 3.29. The number of anilines is 1. The molecule has 74 valence electrons. The monoisotopic (exact) mass is 193 g/mol. The smallest absolute Gasteiger partial charge is 0.414 e. The van der Waals surface area contributed by atoms with Crippen molar-refractivity contribution >= 4 is 11.8 Å². The third kappa shape index (κ3) is 1.39. The summed E-state index contributed by atoms with van der Waals surface area (Å²) in [5.41, 5.74) is 0.502. The summed E-state index contributed by atoms with van der Waals surface area (Å²) in [6.07, 6.45) is -0.527. The molecule has 14 heavy (non-hydrogen) atoms. The average molecular weight is 193 g/mol. The fraction of sp³-hybridized carbons (Fsp3) is 0.300. The summed E-state index contributed by atoms with van der Waals surface area (Å²) in [5.74, 6) is 0.0959. The summed E-state index contributed by atoms with van der Waals surface area (Å²) < 4.78 is 4.96. The van der Waals surface area contributed by atoms with E-state index in [0.717, 1.165) is 0 Å². The Bertz CT molecular complexity index is 364. The van der Waals surface area contributed by atoms with E-state index in [9.17, 15) is 9.90 Å². The number of benzene rings is 1. The summed E-state index contributed by atoms with van der Waals surface area (Å²) in [4.78, 5) is 12.8. The summed E-state index contributed by atoms with van der Waals surface area (Å²) >= 11 is 0. The molecule has 1 unspecified atom stereocenters. The van der Waals surface area contributed by atoms with E-state index in [4.69, 9.17) is 4.74 Å². The zero-order valence-corrected chi connectivity index (χ0v) is 7.80. The van der Waals surface area contributed by atoms with Gasteiger partial charge < -0.3 is 9.84 Å². The Morgan fingerprint density at radius 2 is 2.21 bits per heavy atom. The third-order valence-electron chi connectivity index (χ3n) is 2.13. The van der Waals surface area contributed by atoms with Crippen molar-refractivity contribution in [2.45, 2.75) is 13.0 Å². The number of para-hydroxylation sites is 2. The van der Waals surface area contributed by atoms with Crippen LogP contribution < -0.4 is 4.90 Å². The molecule has 0 saturated carbocycles. The van der Waals surface area contributed by atoms with E-state index in [-0.39, 0.29) is 11.9 Å². The van der Waals surface area contributed by atoms with E-state index >= 15 is 0 Å². The first-order valence-corrected chi connectivity index (χ1v) is 4.44. The highest BCUT2D eigenvalue weighted by Gasteiger charge is 2.30. The van der Waals surface area contributed by atoms with Crippen molar-refractivity contribution in [1.29, 1.82) is 0 Å². The number of phenolic OH excluding ortho intramolecular Hbond substituents is 1. The number of carbonyl (C=O) groups is 1. The third-order valence-corrected chi connectivity index (χ3v) is 2.13. The van der Waals surface area contributed by atoms with E-state index in [2.05, 4.69) is 0 Å². The number of rotatable bonds is 1. The Hall–Kier alpha value is -1.71. The maximum atomic E-state index is 11.3. The molecule has 1 amide bonds. The lowest BCUT2D eigenvalue weighted by Crippen LogP contribution is -2.23. The quantitative estimate of drug-likeness (QED) is 0.739. The van der Waals surface area contributed by atoms with Gasteiger partial charge in [-0.05, 0) is 19.1 Å². The number of nitrogens with zero attached hydrogens (tertiary/aromatic N) is 1. The SMILES string of the molecule is CC1CN(c2ccccc2O)C(=O)O1. The molecular formula is C10H11NO3. The highest BCUT2D eigenvalue weighted by Crippen LogP contribution is 2.29. The van der Waals surface area contributed by atoms with Crippen molar-refractivity contribution in [2.24, 2.45) is 0 Å². The Balaban J connectivity index is 2.32. The number of amides is 1. The van der Waals surface area contributed by atoms with Crippen molar-refractivity contribution in [1.82, 2.24) is 0 Å². The van der Waals surface area contributed by atoms with Gasteiger partial charge in [-0.25, -0.2) is 4.79 Å². The number of aromatic hydroxyl groups is 1. The van der Waals surface area contributed by atoms with Crippen LogP contribution in [0.2, 0.25) is 0 Å². The van der Waals surface area contributed by atoms with E-state index in [1.54, 1.807) is 24.3 Å². The first-order valence-electron chi connectivity index (χ1n) is 4.44. The van der Waals surface area contributed by atoms with E-state index < -0.39 is 6.09 Å². The predicted molar refractivity (Wildman–Crippen MR) is 51.4 cm³/mol. The molecule has 1 aromatic carbocycles. The van der Waals surface area contributed by atoms with Gasteiger partial charge in [0.15, 0.2) is 0 Å². The molecule has 4 nitrogen and oxygen atoms in total. The van der Waals surface area contributed by atoms with Gasteiger partial charge in [-0.3, -0.25) is 4.90 Å². The van der Waals surface area contributed by atoms with Crippen molar-refractivity contribution < 1.29 is 14.6 Å². The van der Waals surface area contributed by atoms with Crippen LogP contribution in [0.25, 0.3) is 0 Å². The van der Waals surface area contributed by atoms with Gasteiger partial charge in [0.25, 0.3) is 0 Å². The largest absolute Gasteiger partial charge is 0.506 e. The lowest BCUT2D eigenvalue weighted by Gasteiger charge is -2.13. The molecule has 0 aromatic heterocycles. The molecule has 1 fully saturated rings. The maximum Gasteiger partial charge on any atom is 0.414 e. The van der Waals surface area contributed by atoms with Crippen LogP contribution in [0.1, 0.15) is 6.92 Å². The van der Waals surface area contributed by atoms with Crippen molar-refractivity contribution in [3.8, 4) is 5.75 Å². The molecule has 1 aliphatic rings. The molecule has 4 heteroatoms. The minimum absolute atomic E-state index is 0.0959. The fourth-order valence-corrected chi connectivity index (χ4v) is 1.49. The van der Waals surface area contributed by atoms with Crippen LogP contribution >= 0.6 is 0 Å². The Kier molecular flexibility index (Phi) is 2.04. The number of cyclic esters (lactones) is 1. The normalized spacial score (nSPS) is 21.1.